The van der Waals surface area contributed by atoms with E-state index in [4.69, 9.17) is 0 Å². The van der Waals surface area contributed by atoms with Crippen LogP contribution in [0.2, 0.25) is 0 Å². The molecule has 2 N–H and O–H groups in total. The van der Waals surface area contributed by atoms with Crippen LogP contribution >= 0.6 is 0 Å². The number of hydrogen-bond donors (Lipinski definition) is 2. The molecule has 0 aromatic heterocycles. The normalized spacial score (nSPS) is 25.7. The Morgan fingerprint density at radius 3 is 2.16 bits per heavy atom. The van der Waals surface area contributed by atoms with Crippen LogP contribution in [0.15, 0.2) is 65.6 Å². The average molecular weight is 777 g/mol. The van der Waals surface area contributed by atoms with Crippen LogP contribution in [0.5, 0.6) is 0 Å². The molecule has 0 unspecified atom stereocenters. The Hall–Kier alpha value is -3.52. The number of hydrogen-bond acceptors (Lipinski definition) is 8. The number of piperidine rings is 1. The summed E-state index contributed by atoms with van der Waals surface area (Å²) in [6, 6.07) is 14.3. The number of halogens is 1. The Balaban J connectivity index is 0.855. The molecule has 5 aliphatic heterocycles. The summed E-state index contributed by atoms with van der Waals surface area (Å²) >= 11 is 0. The molecule has 5 heterocycles. The van der Waals surface area contributed by atoms with Crippen molar-refractivity contribution in [2.75, 3.05) is 90.0 Å². The second-order valence-corrected chi connectivity index (χ2v) is 19.5. The van der Waals surface area contributed by atoms with Crippen LogP contribution in [-0.4, -0.2) is 141 Å². The number of carbonyl (C=O) groups is 2. The van der Waals surface area contributed by atoms with Crippen molar-refractivity contribution in [2.24, 2.45) is 17.8 Å². The molecule has 6 fully saturated rings. The lowest BCUT2D eigenvalue weighted by Crippen LogP contribution is -2.60. The molecule has 1 aliphatic carbocycles. The zero-order valence-electron chi connectivity index (χ0n) is 32.0. The fraction of sp³-hybridized carbons (Fsp3) is 0.619. The van der Waals surface area contributed by atoms with Gasteiger partial charge >= 0.3 is 6.09 Å². The number of benzene rings is 2. The van der Waals surface area contributed by atoms with Gasteiger partial charge in [-0.25, -0.2) is 17.6 Å². The van der Waals surface area contributed by atoms with Gasteiger partial charge in [-0.05, 0) is 132 Å². The predicted octanol–water partition coefficient (Wildman–Crippen LogP) is 4.30. The highest BCUT2D eigenvalue weighted by molar-refractivity contribution is 7.92. The van der Waals surface area contributed by atoms with Crippen molar-refractivity contribution in [1.82, 2.24) is 24.9 Å². The molecule has 3 atom stereocenters. The summed E-state index contributed by atoms with van der Waals surface area (Å²) in [5.74, 6) is 0.576. The summed E-state index contributed by atoms with van der Waals surface area (Å²) in [5, 5.41) is 12.1. The van der Waals surface area contributed by atoms with Crippen molar-refractivity contribution in [1.29, 1.82) is 0 Å². The maximum atomic E-state index is 14.9. The molecule has 298 valence electrons. The van der Waals surface area contributed by atoms with Gasteiger partial charge < -0.3 is 30.0 Å². The molecular weight excluding hydrogens is 720 g/mol. The fourth-order valence-corrected chi connectivity index (χ4v) is 12.2. The van der Waals surface area contributed by atoms with E-state index >= 15 is 0 Å². The summed E-state index contributed by atoms with van der Waals surface area (Å²) in [4.78, 5) is 36.1. The lowest BCUT2D eigenvalue weighted by Gasteiger charge is -2.54. The first-order valence-electron chi connectivity index (χ1n) is 20.5. The zero-order chi connectivity index (χ0) is 38.3. The van der Waals surface area contributed by atoms with Crippen molar-refractivity contribution in [2.45, 2.75) is 66.5 Å². The number of rotatable bonds is 14. The molecule has 2 aromatic rings. The third kappa shape index (κ3) is 7.78. The van der Waals surface area contributed by atoms with Crippen LogP contribution in [0.4, 0.5) is 14.9 Å². The van der Waals surface area contributed by atoms with E-state index in [0.29, 0.717) is 28.8 Å². The van der Waals surface area contributed by atoms with Gasteiger partial charge in [0.05, 0.1) is 4.90 Å². The smallest absolute Gasteiger partial charge is 0.404 e. The molecule has 11 nitrogen and oxygen atoms in total. The minimum absolute atomic E-state index is 0.113. The minimum atomic E-state index is -3.54. The zero-order valence-corrected chi connectivity index (χ0v) is 32.8. The summed E-state index contributed by atoms with van der Waals surface area (Å²) in [6.07, 6.45) is 6.05. The Morgan fingerprint density at radius 1 is 0.855 bits per heavy atom. The van der Waals surface area contributed by atoms with Gasteiger partial charge in [0.1, 0.15) is 11.1 Å². The van der Waals surface area contributed by atoms with Crippen LogP contribution in [0.25, 0.3) is 0 Å². The SMILES string of the molecule is C=C(CN1CCC1)C(=O)N1CC(S(=O)(=O)c2ccc(N3CC(CN4CCC([C@@](CN5CCC5)(c5cccc(F)c5)[C@H]5CCC[C@@H]5NC(=O)O)CC4)C3)cc2)C1. The average Bonchev–Trinajstić information content (AvgIpc) is 3.55. The van der Waals surface area contributed by atoms with Gasteiger partial charge in [-0.15, -0.1) is 0 Å². The molecular formula is C42H57FN6O5S. The van der Waals surface area contributed by atoms with Gasteiger partial charge in [0.2, 0.25) is 0 Å². The van der Waals surface area contributed by atoms with E-state index in [9.17, 15) is 27.5 Å². The van der Waals surface area contributed by atoms with Crippen LogP contribution < -0.4 is 10.2 Å². The van der Waals surface area contributed by atoms with E-state index in [1.54, 1.807) is 23.1 Å². The number of anilines is 1. The topological polar surface area (TPSA) is 117 Å². The van der Waals surface area contributed by atoms with Gasteiger partial charge in [-0.3, -0.25) is 9.69 Å². The Morgan fingerprint density at radius 2 is 1.55 bits per heavy atom. The first-order valence-corrected chi connectivity index (χ1v) is 22.0. The minimum Gasteiger partial charge on any atom is -0.465 e. The molecule has 2 aromatic carbocycles. The first-order chi connectivity index (χ1) is 26.5. The molecule has 13 heteroatoms. The quantitative estimate of drug-likeness (QED) is 0.271. The van der Waals surface area contributed by atoms with E-state index in [-0.39, 0.29) is 42.2 Å². The maximum Gasteiger partial charge on any atom is 0.404 e. The predicted molar refractivity (Wildman–Crippen MR) is 210 cm³/mol. The summed E-state index contributed by atoms with van der Waals surface area (Å²) in [6.45, 7) is 14.6. The Labute approximate surface area is 325 Å². The molecule has 8 rings (SSSR count). The molecule has 5 saturated heterocycles. The Kier molecular flexibility index (Phi) is 11.0. The van der Waals surface area contributed by atoms with Crippen LogP contribution in [0.1, 0.15) is 50.5 Å². The summed E-state index contributed by atoms with van der Waals surface area (Å²) in [5.41, 5.74) is 2.25. The van der Waals surface area contributed by atoms with Gasteiger partial charge in [0.25, 0.3) is 5.91 Å². The van der Waals surface area contributed by atoms with Crippen LogP contribution in [0, 0.1) is 23.6 Å². The van der Waals surface area contributed by atoms with Crippen molar-refractivity contribution in [3.05, 3.63) is 72.1 Å². The highest BCUT2D eigenvalue weighted by Gasteiger charge is 2.53. The van der Waals surface area contributed by atoms with E-state index in [1.165, 1.54) is 12.5 Å². The van der Waals surface area contributed by atoms with Gasteiger partial charge in [-0.2, -0.15) is 0 Å². The Bertz CT molecular complexity index is 1830. The van der Waals surface area contributed by atoms with Crippen LogP contribution in [-0.2, 0) is 20.0 Å². The standard InChI is InChI=1S/C42H57FN6O5S/c1-30(23-45-16-4-17-45)40(50)49-27-37(28-49)55(53,54)36-12-10-35(11-13-36)48-25-31(26-48)24-46-20-14-32(15-21-46)42(29-47-18-5-19-47,33-6-2-7-34(43)22-33)38-8-3-9-39(38)44-41(51)52/h2,6-7,10-13,22,31-32,37-39,44H,1,3-5,8-9,14-21,23-29H2,(H,51,52)/t38-,39-,42-/m0/s1. The van der Waals surface area contributed by atoms with Crippen molar-refractivity contribution < 1.29 is 27.5 Å². The lowest BCUT2D eigenvalue weighted by molar-refractivity contribution is -0.130. The molecule has 0 spiro atoms. The highest BCUT2D eigenvalue weighted by atomic mass is 32.2. The van der Waals surface area contributed by atoms with E-state index < -0.39 is 21.2 Å². The highest BCUT2D eigenvalue weighted by Crippen LogP contribution is 2.51. The third-order valence-corrected chi connectivity index (χ3v) is 15.9. The number of amides is 2. The monoisotopic (exact) mass is 776 g/mol. The van der Waals surface area contributed by atoms with Crippen LogP contribution in [0.3, 0.4) is 0 Å². The van der Waals surface area contributed by atoms with E-state index in [2.05, 4.69) is 37.6 Å². The number of likely N-dealkylation sites (tertiary alicyclic amines) is 4. The van der Waals surface area contributed by atoms with Gasteiger partial charge in [0, 0.05) is 74.4 Å². The van der Waals surface area contributed by atoms with E-state index in [0.717, 1.165) is 115 Å². The number of nitrogens with one attached hydrogen (secondary N) is 1. The molecule has 55 heavy (non-hydrogen) atoms. The second-order valence-electron chi connectivity index (χ2n) is 17.2. The molecule has 1 saturated carbocycles. The number of carbonyl (C=O) groups excluding carboxylic acids is 1. The van der Waals surface area contributed by atoms with Gasteiger partial charge in [0.15, 0.2) is 9.84 Å². The summed E-state index contributed by atoms with van der Waals surface area (Å²) in [7, 11) is -3.54. The third-order valence-electron chi connectivity index (χ3n) is 13.8. The second kappa shape index (κ2) is 15.8. The lowest BCUT2D eigenvalue weighted by atomic mass is 9.57. The maximum absolute atomic E-state index is 14.9. The summed E-state index contributed by atoms with van der Waals surface area (Å²) < 4.78 is 41.7. The molecule has 0 bridgehead atoms. The molecule has 6 aliphatic rings. The number of nitrogens with zero attached hydrogens (tertiary/aromatic N) is 5. The fourth-order valence-electron chi connectivity index (χ4n) is 10.5. The largest absolute Gasteiger partial charge is 0.465 e. The number of sulfone groups is 1. The molecule has 0 radical (unpaired) electrons. The van der Waals surface area contributed by atoms with Crippen molar-refractivity contribution in [3.8, 4) is 0 Å². The van der Waals surface area contributed by atoms with Crippen molar-refractivity contribution in [3.63, 3.8) is 0 Å². The first kappa shape index (κ1) is 38.4. The van der Waals surface area contributed by atoms with E-state index in [1.807, 2.05) is 18.2 Å². The van der Waals surface area contributed by atoms with Crippen molar-refractivity contribution >= 4 is 27.5 Å². The van der Waals surface area contributed by atoms with Gasteiger partial charge in [-0.1, -0.05) is 25.1 Å². The molecule has 2 amide bonds. The number of carboxylic acid groups (broad SMARTS) is 1.